The van der Waals surface area contributed by atoms with E-state index in [4.69, 9.17) is 9.47 Å². The summed E-state index contributed by atoms with van der Waals surface area (Å²) in [5.41, 5.74) is 2.66. The van der Waals surface area contributed by atoms with Crippen molar-refractivity contribution in [1.29, 1.82) is 0 Å². The molecule has 0 spiro atoms. The number of phenolic OH excluding ortho intramolecular Hbond substituents is 1. The number of hydrogen-bond acceptors (Lipinski definition) is 4. The van der Waals surface area contributed by atoms with Crippen LogP contribution in [-0.4, -0.2) is 25.5 Å². The van der Waals surface area contributed by atoms with Gasteiger partial charge in [-0.1, -0.05) is 25.5 Å². The number of rotatable bonds is 6. The van der Waals surface area contributed by atoms with Crippen molar-refractivity contribution < 1.29 is 14.6 Å². The summed E-state index contributed by atoms with van der Waals surface area (Å²) in [6, 6.07) is 11.3. The molecule has 2 aromatic rings. The molecule has 0 aliphatic carbocycles. The maximum atomic E-state index is 10.1. The van der Waals surface area contributed by atoms with Crippen molar-refractivity contribution in [3.8, 4) is 17.2 Å². The van der Waals surface area contributed by atoms with Crippen molar-refractivity contribution in [2.24, 2.45) is 4.99 Å². The largest absolute Gasteiger partial charge is 0.507 e. The minimum atomic E-state index is 0.0718. The molecule has 0 saturated heterocycles. The average molecular weight is 299 g/mol. The number of nitrogens with zero attached hydrogens (tertiary/aromatic N) is 1. The molecule has 0 amide bonds. The summed E-state index contributed by atoms with van der Waals surface area (Å²) in [5, 5.41) is 10.1. The lowest BCUT2D eigenvalue weighted by molar-refractivity contribution is 0.384. The number of aryl methyl sites for hydroxylation is 1. The fraction of sp³-hybridized carbons (Fsp3) is 0.278. The Morgan fingerprint density at radius 3 is 2.41 bits per heavy atom. The number of phenols is 1. The van der Waals surface area contributed by atoms with Gasteiger partial charge in [0.25, 0.3) is 0 Å². The Bertz CT molecular complexity index is 648. The Hall–Kier alpha value is -2.49. The van der Waals surface area contributed by atoms with Gasteiger partial charge in [0.2, 0.25) is 0 Å². The van der Waals surface area contributed by atoms with Gasteiger partial charge in [0.05, 0.1) is 25.5 Å². The highest BCUT2D eigenvalue weighted by Crippen LogP contribution is 2.32. The van der Waals surface area contributed by atoms with E-state index in [0.29, 0.717) is 17.1 Å². The molecule has 0 radical (unpaired) electrons. The molecule has 0 aromatic heterocycles. The first-order valence-electron chi connectivity index (χ1n) is 7.26. The number of methoxy groups -OCH3 is 2. The summed E-state index contributed by atoms with van der Waals surface area (Å²) in [4.78, 5) is 4.40. The zero-order chi connectivity index (χ0) is 15.9. The summed E-state index contributed by atoms with van der Waals surface area (Å²) in [5.74, 6) is 1.13. The van der Waals surface area contributed by atoms with Gasteiger partial charge in [0.1, 0.15) is 17.2 Å². The quantitative estimate of drug-likeness (QED) is 0.817. The van der Waals surface area contributed by atoms with Crippen LogP contribution >= 0.6 is 0 Å². The molecular weight excluding hydrogens is 278 g/mol. The monoisotopic (exact) mass is 299 g/mol. The van der Waals surface area contributed by atoms with Crippen molar-refractivity contribution in [2.75, 3.05) is 14.2 Å². The Morgan fingerprint density at radius 2 is 1.82 bits per heavy atom. The van der Waals surface area contributed by atoms with Gasteiger partial charge in [-0.3, -0.25) is 4.99 Å². The molecule has 1 N–H and O–H groups in total. The molecule has 4 nitrogen and oxygen atoms in total. The van der Waals surface area contributed by atoms with E-state index in [0.717, 1.165) is 18.5 Å². The summed E-state index contributed by atoms with van der Waals surface area (Å²) >= 11 is 0. The number of ether oxygens (including phenoxy) is 2. The summed E-state index contributed by atoms with van der Waals surface area (Å²) in [6.45, 7) is 2.16. The summed E-state index contributed by atoms with van der Waals surface area (Å²) in [7, 11) is 3.09. The zero-order valence-electron chi connectivity index (χ0n) is 13.2. The molecule has 0 aliphatic rings. The molecule has 0 aliphatic heterocycles. The highest BCUT2D eigenvalue weighted by Gasteiger charge is 2.09. The van der Waals surface area contributed by atoms with Crippen LogP contribution < -0.4 is 9.47 Å². The van der Waals surface area contributed by atoms with E-state index in [-0.39, 0.29) is 5.75 Å². The number of aromatic hydroxyl groups is 1. The fourth-order valence-electron chi connectivity index (χ4n) is 2.18. The Labute approximate surface area is 131 Å². The lowest BCUT2D eigenvalue weighted by Gasteiger charge is -2.09. The first kappa shape index (κ1) is 15.9. The summed E-state index contributed by atoms with van der Waals surface area (Å²) in [6.07, 6.45) is 3.79. The predicted octanol–water partition coefficient (Wildman–Crippen LogP) is 4.11. The summed E-state index contributed by atoms with van der Waals surface area (Å²) < 4.78 is 10.4. The first-order chi connectivity index (χ1) is 10.7. The average Bonchev–Trinajstić information content (AvgIpc) is 2.54. The highest BCUT2D eigenvalue weighted by molar-refractivity contribution is 5.89. The first-order valence-corrected chi connectivity index (χ1v) is 7.26. The highest BCUT2D eigenvalue weighted by atomic mass is 16.5. The predicted molar refractivity (Wildman–Crippen MR) is 88.9 cm³/mol. The fourth-order valence-corrected chi connectivity index (χ4v) is 2.18. The van der Waals surface area contributed by atoms with E-state index in [2.05, 4.69) is 24.0 Å². The van der Waals surface area contributed by atoms with Crippen LogP contribution in [0, 0.1) is 0 Å². The molecular formula is C18H21NO3. The number of hydrogen-bond donors (Lipinski definition) is 1. The molecule has 116 valence electrons. The van der Waals surface area contributed by atoms with E-state index >= 15 is 0 Å². The van der Waals surface area contributed by atoms with Crippen LogP contribution in [0.2, 0.25) is 0 Å². The Kier molecular flexibility index (Phi) is 5.42. The van der Waals surface area contributed by atoms with Crippen LogP contribution in [0.3, 0.4) is 0 Å². The lowest BCUT2D eigenvalue weighted by atomic mass is 10.1. The van der Waals surface area contributed by atoms with Gasteiger partial charge in [0, 0.05) is 18.3 Å². The van der Waals surface area contributed by atoms with Crippen LogP contribution in [0.25, 0.3) is 0 Å². The van der Waals surface area contributed by atoms with Gasteiger partial charge >= 0.3 is 0 Å². The third kappa shape index (κ3) is 3.79. The SMILES string of the molecule is CCCc1ccc(N=Cc2c(O)cc(OC)cc2OC)cc1. The number of aliphatic imine (C=N–C) groups is 1. The van der Waals surface area contributed by atoms with Crippen LogP contribution in [-0.2, 0) is 6.42 Å². The second-order valence-electron chi connectivity index (χ2n) is 4.94. The van der Waals surface area contributed by atoms with Gasteiger partial charge in [-0.25, -0.2) is 0 Å². The molecule has 0 unspecified atom stereocenters. The molecule has 0 heterocycles. The molecule has 2 aromatic carbocycles. The van der Waals surface area contributed by atoms with Gasteiger partial charge in [-0.2, -0.15) is 0 Å². The van der Waals surface area contributed by atoms with E-state index in [1.807, 2.05) is 12.1 Å². The Morgan fingerprint density at radius 1 is 1.09 bits per heavy atom. The minimum Gasteiger partial charge on any atom is -0.507 e. The van der Waals surface area contributed by atoms with E-state index in [9.17, 15) is 5.11 Å². The van der Waals surface area contributed by atoms with Crippen LogP contribution in [0.5, 0.6) is 17.2 Å². The maximum Gasteiger partial charge on any atom is 0.135 e. The third-order valence-electron chi connectivity index (χ3n) is 3.37. The van der Waals surface area contributed by atoms with Crippen molar-refractivity contribution >= 4 is 11.9 Å². The second-order valence-corrected chi connectivity index (χ2v) is 4.94. The van der Waals surface area contributed by atoms with Crippen LogP contribution in [0.15, 0.2) is 41.4 Å². The zero-order valence-corrected chi connectivity index (χ0v) is 13.2. The van der Waals surface area contributed by atoms with Crippen LogP contribution in [0.1, 0.15) is 24.5 Å². The third-order valence-corrected chi connectivity index (χ3v) is 3.37. The van der Waals surface area contributed by atoms with Crippen molar-refractivity contribution in [1.82, 2.24) is 0 Å². The standard InChI is InChI=1S/C18H21NO3/c1-4-5-13-6-8-14(9-7-13)19-12-16-17(20)10-15(21-2)11-18(16)22-3/h6-12,20H,4-5H2,1-3H3. The van der Waals surface area contributed by atoms with E-state index in [1.54, 1.807) is 26.5 Å². The lowest BCUT2D eigenvalue weighted by Crippen LogP contribution is -1.93. The smallest absolute Gasteiger partial charge is 0.135 e. The molecule has 0 bridgehead atoms. The topological polar surface area (TPSA) is 51.1 Å². The normalized spacial score (nSPS) is 10.9. The van der Waals surface area contributed by atoms with Crippen molar-refractivity contribution in [3.63, 3.8) is 0 Å². The minimum absolute atomic E-state index is 0.0718. The van der Waals surface area contributed by atoms with Crippen molar-refractivity contribution in [2.45, 2.75) is 19.8 Å². The molecule has 0 fully saturated rings. The van der Waals surface area contributed by atoms with Crippen molar-refractivity contribution in [3.05, 3.63) is 47.5 Å². The van der Waals surface area contributed by atoms with E-state index in [1.165, 1.54) is 11.6 Å². The second kappa shape index (κ2) is 7.50. The van der Waals surface area contributed by atoms with Gasteiger partial charge in [0.15, 0.2) is 0 Å². The molecule has 2 rings (SSSR count). The molecule has 0 atom stereocenters. The number of benzene rings is 2. The van der Waals surface area contributed by atoms with E-state index < -0.39 is 0 Å². The van der Waals surface area contributed by atoms with Gasteiger partial charge in [-0.05, 0) is 24.1 Å². The maximum absolute atomic E-state index is 10.1. The molecule has 0 saturated carbocycles. The van der Waals surface area contributed by atoms with Gasteiger partial charge < -0.3 is 14.6 Å². The van der Waals surface area contributed by atoms with Gasteiger partial charge in [-0.15, -0.1) is 0 Å². The Balaban J connectivity index is 2.25. The van der Waals surface area contributed by atoms with Crippen LogP contribution in [0.4, 0.5) is 5.69 Å². The molecule has 22 heavy (non-hydrogen) atoms. The molecule has 4 heteroatoms.